The van der Waals surface area contributed by atoms with Gasteiger partial charge in [-0.2, -0.15) is 0 Å². The first-order valence-electron chi connectivity index (χ1n) is 7.12. The van der Waals surface area contributed by atoms with Gasteiger partial charge in [-0.1, -0.05) is 13.8 Å². The molecule has 2 aliphatic heterocycles. The fourth-order valence-electron chi connectivity index (χ4n) is 3.24. The summed E-state index contributed by atoms with van der Waals surface area (Å²) >= 11 is 0. The number of piperidine rings is 2. The smallest absolute Gasteiger partial charge is 0.226 e. The van der Waals surface area contributed by atoms with Gasteiger partial charge in [-0.3, -0.25) is 4.79 Å². The van der Waals surface area contributed by atoms with Crippen LogP contribution >= 0.6 is 0 Å². The number of nitrogens with zero attached hydrogens (tertiary/aromatic N) is 1. The molecule has 2 rings (SSSR count). The van der Waals surface area contributed by atoms with Gasteiger partial charge in [0.1, 0.15) is 0 Å². The molecule has 0 radical (unpaired) electrons. The first-order chi connectivity index (χ1) is 8.11. The Morgan fingerprint density at radius 3 is 2.65 bits per heavy atom. The van der Waals surface area contributed by atoms with Crippen LogP contribution in [0.5, 0.6) is 0 Å². The third kappa shape index (κ3) is 2.65. The third-order valence-corrected chi connectivity index (χ3v) is 4.76. The maximum atomic E-state index is 12.6. The number of hydrogen-bond donors (Lipinski definition) is 1. The van der Waals surface area contributed by atoms with Crippen LogP contribution in [-0.4, -0.2) is 36.5 Å². The lowest BCUT2D eigenvalue weighted by atomic mass is 9.84. The quantitative estimate of drug-likeness (QED) is 0.756. The van der Waals surface area contributed by atoms with Crippen molar-refractivity contribution in [2.45, 2.75) is 46.1 Å². The van der Waals surface area contributed by atoms with Crippen molar-refractivity contribution in [3.05, 3.63) is 0 Å². The molecular weight excluding hydrogens is 212 g/mol. The highest BCUT2D eigenvalue weighted by Crippen LogP contribution is 2.28. The Kier molecular flexibility index (Phi) is 4.08. The van der Waals surface area contributed by atoms with E-state index in [1.165, 1.54) is 12.8 Å². The molecule has 1 amide bonds. The summed E-state index contributed by atoms with van der Waals surface area (Å²) in [5, 5.41) is 3.37. The molecule has 1 N–H and O–H groups in total. The lowest BCUT2D eigenvalue weighted by molar-refractivity contribution is -0.142. The van der Waals surface area contributed by atoms with Gasteiger partial charge in [0.25, 0.3) is 0 Å². The first-order valence-corrected chi connectivity index (χ1v) is 7.12. The van der Waals surface area contributed by atoms with Crippen LogP contribution in [0.3, 0.4) is 0 Å². The molecule has 0 aliphatic carbocycles. The molecule has 2 heterocycles. The van der Waals surface area contributed by atoms with Gasteiger partial charge in [0.15, 0.2) is 0 Å². The summed E-state index contributed by atoms with van der Waals surface area (Å²) in [6.07, 6.45) is 3.46. The summed E-state index contributed by atoms with van der Waals surface area (Å²) in [6.45, 7) is 9.66. The van der Waals surface area contributed by atoms with Crippen LogP contribution in [0.1, 0.15) is 40.0 Å². The Hall–Kier alpha value is -0.570. The van der Waals surface area contributed by atoms with Crippen LogP contribution in [0.2, 0.25) is 0 Å². The monoisotopic (exact) mass is 238 g/mol. The third-order valence-electron chi connectivity index (χ3n) is 4.76. The number of hydrogen-bond acceptors (Lipinski definition) is 2. The lowest BCUT2D eigenvalue weighted by Gasteiger charge is -2.41. The van der Waals surface area contributed by atoms with Crippen molar-refractivity contribution in [2.75, 3.05) is 19.6 Å². The highest BCUT2D eigenvalue weighted by Gasteiger charge is 2.35. The molecule has 2 saturated heterocycles. The number of carbonyl (C=O) groups excluding carboxylic acids is 1. The molecule has 3 heteroatoms. The second kappa shape index (κ2) is 5.38. The van der Waals surface area contributed by atoms with Gasteiger partial charge in [0, 0.05) is 18.5 Å². The Bertz CT molecular complexity index is 279. The van der Waals surface area contributed by atoms with Crippen molar-refractivity contribution in [2.24, 2.45) is 17.8 Å². The molecule has 0 bridgehead atoms. The zero-order valence-electron chi connectivity index (χ0n) is 11.4. The van der Waals surface area contributed by atoms with Crippen molar-refractivity contribution < 1.29 is 4.79 Å². The standard InChI is InChI=1S/C14H26N2O/c1-10-5-4-8-16(12(10)3)14(17)13-6-7-15-9-11(13)2/h10-13,15H,4-9H2,1-3H3. The summed E-state index contributed by atoms with van der Waals surface area (Å²) < 4.78 is 0. The number of likely N-dealkylation sites (tertiary alicyclic amines) is 1. The normalized spacial score (nSPS) is 39.1. The van der Waals surface area contributed by atoms with Crippen LogP contribution in [-0.2, 0) is 4.79 Å². The summed E-state index contributed by atoms with van der Waals surface area (Å²) in [7, 11) is 0. The van der Waals surface area contributed by atoms with Crippen LogP contribution in [0.15, 0.2) is 0 Å². The highest BCUT2D eigenvalue weighted by molar-refractivity contribution is 5.79. The van der Waals surface area contributed by atoms with E-state index in [4.69, 9.17) is 0 Å². The second-order valence-corrected chi connectivity index (χ2v) is 5.97. The van der Waals surface area contributed by atoms with Gasteiger partial charge < -0.3 is 10.2 Å². The predicted octanol–water partition coefficient (Wildman–Crippen LogP) is 1.88. The van der Waals surface area contributed by atoms with E-state index < -0.39 is 0 Å². The van der Waals surface area contributed by atoms with E-state index in [2.05, 4.69) is 31.0 Å². The summed E-state index contributed by atoms with van der Waals surface area (Å²) in [5.74, 6) is 1.81. The molecule has 0 aromatic heterocycles. The van der Waals surface area contributed by atoms with E-state index in [0.717, 1.165) is 26.1 Å². The zero-order chi connectivity index (χ0) is 12.4. The number of nitrogens with one attached hydrogen (secondary N) is 1. The Labute approximate surface area is 105 Å². The summed E-state index contributed by atoms with van der Waals surface area (Å²) in [4.78, 5) is 14.8. The van der Waals surface area contributed by atoms with Gasteiger partial charge >= 0.3 is 0 Å². The summed E-state index contributed by atoms with van der Waals surface area (Å²) in [6, 6.07) is 0.429. The SMILES string of the molecule is CC1CNCCC1C(=O)N1CCCC(C)C1C. The molecule has 3 nitrogen and oxygen atoms in total. The fourth-order valence-corrected chi connectivity index (χ4v) is 3.24. The highest BCUT2D eigenvalue weighted by atomic mass is 16.2. The second-order valence-electron chi connectivity index (χ2n) is 5.97. The van der Waals surface area contributed by atoms with Crippen LogP contribution < -0.4 is 5.32 Å². The average Bonchev–Trinajstić information content (AvgIpc) is 2.32. The van der Waals surface area contributed by atoms with Crippen molar-refractivity contribution >= 4 is 5.91 Å². The van der Waals surface area contributed by atoms with Gasteiger partial charge in [-0.25, -0.2) is 0 Å². The number of amides is 1. The van der Waals surface area contributed by atoms with Gasteiger partial charge in [-0.05, 0) is 51.1 Å². The zero-order valence-corrected chi connectivity index (χ0v) is 11.4. The van der Waals surface area contributed by atoms with Crippen LogP contribution in [0, 0.1) is 17.8 Å². The Balaban J connectivity index is 2.02. The largest absolute Gasteiger partial charge is 0.339 e. The molecule has 17 heavy (non-hydrogen) atoms. The van der Waals surface area contributed by atoms with E-state index in [0.29, 0.717) is 23.8 Å². The fraction of sp³-hybridized carbons (Fsp3) is 0.929. The summed E-state index contributed by atoms with van der Waals surface area (Å²) in [5.41, 5.74) is 0. The van der Waals surface area contributed by atoms with Crippen molar-refractivity contribution in [3.63, 3.8) is 0 Å². The Morgan fingerprint density at radius 1 is 1.18 bits per heavy atom. The molecule has 4 atom stereocenters. The minimum Gasteiger partial charge on any atom is -0.339 e. The van der Waals surface area contributed by atoms with E-state index in [9.17, 15) is 4.79 Å². The molecule has 0 aromatic rings. The molecule has 98 valence electrons. The maximum absolute atomic E-state index is 12.6. The number of carbonyl (C=O) groups is 1. The van der Waals surface area contributed by atoms with Gasteiger partial charge in [0.05, 0.1) is 0 Å². The molecule has 4 unspecified atom stereocenters. The molecule has 0 aromatic carbocycles. The van der Waals surface area contributed by atoms with Crippen molar-refractivity contribution in [1.29, 1.82) is 0 Å². The van der Waals surface area contributed by atoms with E-state index in [-0.39, 0.29) is 5.92 Å². The van der Waals surface area contributed by atoms with E-state index >= 15 is 0 Å². The molecule has 2 aliphatic rings. The van der Waals surface area contributed by atoms with E-state index in [1.54, 1.807) is 0 Å². The molecule has 2 fully saturated rings. The predicted molar refractivity (Wildman–Crippen MR) is 69.7 cm³/mol. The molecule has 0 spiro atoms. The van der Waals surface area contributed by atoms with Crippen LogP contribution in [0.4, 0.5) is 0 Å². The maximum Gasteiger partial charge on any atom is 0.226 e. The lowest BCUT2D eigenvalue weighted by Crippen LogP contribution is -2.51. The molecule has 0 saturated carbocycles. The topological polar surface area (TPSA) is 32.3 Å². The Morgan fingerprint density at radius 2 is 1.94 bits per heavy atom. The average molecular weight is 238 g/mol. The van der Waals surface area contributed by atoms with Crippen molar-refractivity contribution in [3.8, 4) is 0 Å². The van der Waals surface area contributed by atoms with Gasteiger partial charge in [0.2, 0.25) is 5.91 Å². The van der Waals surface area contributed by atoms with Crippen LogP contribution in [0.25, 0.3) is 0 Å². The minimum absolute atomic E-state index is 0.254. The van der Waals surface area contributed by atoms with Crippen molar-refractivity contribution in [1.82, 2.24) is 10.2 Å². The minimum atomic E-state index is 0.254. The number of rotatable bonds is 1. The van der Waals surface area contributed by atoms with Gasteiger partial charge in [-0.15, -0.1) is 0 Å². The first kappa shape index (κ1) is 12.9. The molecular formula is C14H26N2O. The van der Waals surface area contributed by atoms with E-state index in [1.807, 2.05) is 0 Å².